The largest absolute Gasteiger partial charge is 0.618 e. The molecule has 0 unspecified atom stereocenters. The Kier molecular flexibility index (Phi) is 2.63. The van der Waals surface area contributed by atoms with Crippen molar-refractivity contribution < 1.29 is 9.47 Å². The zero-order valence-corrected chi connectivity index (χ0v) is 9.63. The van der Waals surface area contributed by atoms with Crippen LogP contribution >= 0.6 is 15.9 Å². The number of methoxy groups -OCH3 is 1. The lowest BCUT2D eigenvalue weighted by molar-refractivity contribution is -0.615. The van der Waals surface area contributed by atoms with Gasteiger partial charge in [-0.25, -0.2) is 0 Å². The van der Waals surface area contributed by atoms with Crippen LogP contribution in [0.4, 0.5) is 0 Å². The summed E-state index contributed by atoms with van der Waals surface area (Å²) in [5.74, 6) is 0.826. The molecule has 14 heavy (non-hydrogen) atoms. The smallest absolute Gasteiger partial charge is 0.199 e. The van der Waals surface area contributed by atoms with Gasteiger partial charge < -0.3 is 9.94 Å². The molecular weight excluding hydrogens is 246 g/mol. The quantitative estimate of drug-likeness (QED) is 0.570. The maximum absolute atomic E-state index is 11.6. The van der Waals surface area contributed by atoms with E-state index in [0.29, 0.717) is 0 Å². The molecule has 0 saturated heterocycles. The maximum Gasteiger partial charge on any atom is 0.199 e. The SMILES string of the molecule is COc1c(Br)c[n+]([O-])c2c1CCCC2. The van der Waals surface area contributed by atoms with Crippen molar-refractivity contribution in [3.63, 3.8) is 0 Å². The number of ether oxygens (including phenoxy) is 1. The monoisotopic (exact) mass is 257 g/mol. The highest BCUT2D eigenvalue weighted by Crippen LogP contribution is 2.33. The minimum absolute atomic E-state index is 0.746. The summed E-state index contributed by atoms with van der Waals surface area (Å²) in [6.45, 7) is 0. The average Bonchev–Trinajstić information content (AvgIpc) is 2.18. The minimum Gasteiger partial charge on any atom is -0.618 e. The van der Waals surface area contributed by atoms with E-state index in [9.17, 15) is 5.21 Å². The molecule has 2 rings (SSSR count). The molecule has 1 aromatic heterocycles. The molecule has 1 heterocycles. The molecule has 0 radical (unpaired) electrons. The van der Waals surface area contributed by atoms with Crippen LogP contribution in [0.5, 0.6) is 5.75 Å². The number of aromatic nitrogens is 1. The molecule has 0 fully saturated rings. The fourth-order valence-electron chi connectivity index (χ4n) is 1.98. The lowest BCUT2D eigenvalue weighted by atomic mass is 9.95. The summed E-state index contributed by atoms with van der Waals surface area (Å²) in [7, 11) is 1.64. The lowest BCUT2D eigenvalue weighted by Crippen LogP contribution is -2.34. The molecule has 4 heteroatoms. The Bertz CT molecular complexity index is 345. The summed E-state index contributed by atoms with van der Waals surface area (Å²) in [4.78, 5) is 0. The van der Waals surface area contributed by atoms with Gasteiger partial charge in [0.1, 0.15) is 10.2 Å². The standard InChI is InChI=1S/C10H12BrNO2/c1-14-10-7-4-2-3-5-9(7)12(13)6-8(10)11/h6H,2-5H2,1H3. The van der Waals surface area contributed by atoms with Gasteiger partial charge in [-0.15, -0.1) is 0 Å². The minimum atomic E-state index is 0.746. The van der Waals surface area contributed by atoms with E-state index in [2.05, 4.69) is 15.9 Å². The van der Waals surface area contributed by atoms with Gasteiger partial charge in [-0.05, 0) is 35.2 Å². The molecule has 1 aliphatic carbocycles. The Hall–Kier alpha value is -0.770. The summed E-state index contributed by atoms with van der Waals surface area (Å²) in [6.07, 6.45) is 5.57. The van der Waals surface area contributed by atoms with E-state index in [1.807, 2.05) is 0 Å². The van der Waals surface area contributed by atoms with Gasteiger partial charge in [0.25, 0.3) is 0 Å². The van der Waals surface area contributed by atoms with Crippen LogP contribution in [0.3, 0.4) is 0 Å². The topological polar surface area (TPSA) is 36.2 Å². The second-order valence-electron chi connectivity index (χ2n) is 3.47. The third kappa shape index (κ3) is 1.47. The predicted octanol–water partition coefficient (Wildman–Crippen LogP) is 1.97. The summed E-state index contributed by atoms with van der Waals surface area (Å²) in [5.41, 5.74) is 1.94. The number of halogens is 1. The van der Waals surface area contributed by atoms with E-state index in [1.165, 1.54) is 6.20 Å². The average molecular weight is 258 g/mol. The first-order valence-electron chi connectivity index (χ1n) is 4.71. The van der Waals surface area contributed by atoms with Crippen molar-refractivity contribution >= 4 is 15.9 Å². The van der Waals surface area contributed by atoms with E-state index >= 15 is 0 Å². The number of fused-ring (bicyclic) bond motifs is 1. The van der Waals surface area contributed by atoms with Crippen molar-refractivity contribution in [2.24, 2.45) is 0 Å². The van der Waals surface area contributed by atoms with E-state index < -0.39 is 0 Å². The second kappa shape index (κ2) is 3.77. The van der Waals surface area contributed by atoms with Gasteiger partial charge in [0.2, 0.25) is 0 Å². The van der Waals surface area contributed by atoms with E-state index in [0.717, 1.165) is 51.9 Å². The first kappa shape index (κ1) is 9.77. The molecule has 0 bridgehead atoms. The molecule has 0 N–H and O–H groups in total. The molecule has 0 saturated carbocycles. The Morgan fingerprint density at radius 2 is 2.14 bits per heavy atom. The molecule has 0 aromatic carbocycles. The first-order chi connectivity index (χ1) is 6.74. The van der Waals surface area contributed by atoms with Gasteiger partial charge >= 0.3 is 0 Å². The molecule has 0 spiro atoms. The van der Waals surface area contributed by atoms with Crippen molar-refractivity contribution in [2.45, 2.75) is 25.7 Å². The third-order valence-electron chi connectivity index (χ3n) is 2.63. The van der Waals surface area contributed by atoms with Crippen LogP contribution in [0.25, 0.3) is 0 Å². The molecule has 1 aromatic rings. The molecule has 0 atom stereocenters. The van der Waals surface area contributed by atoms with Gasteiger partial charge in [-0.1, -0.05) is 0 Å². The van der Waals surface area contributed by atoms with Gasteiger partial charge in [0.15, 0.2) is 11.9 Å². The van der Waals surface area contributed by atoms with Crippen molar-refractivity contribution in [3.8, 4) is 5.75 Å². The number of nitrogens with zero attached hydrogens (tertiary/aromatic N) is 1. The second-order valence-corrected chi connectivity index (χ2v) is 4.32. The predicted molar refractivity (Wildman–Crippen MR) is 56.3 cm³/mol. The summed E-state index contributed by atoms with van der Waals surface area (Å²) >= 11 is 3.34. The molecule has 76 valence electrons. The normalized spacial score (nSPS) is 15.0. The molecule has 3 nitrogen and oxygen atoms in total. The zero-order chi connectivity index (χ0) is 10.1. The highest BCUT2D eigenvalue weighted by molar-refractivity contribution is 9.10. The van der Waals surface area contributed by atoms with Crippen molar-refractivity contribution in [1.82, 2.24) is 0 Å². The Labute approximate surface area is 91.4 Å². The third-order valence-corrected chi connectivity index (χ3v) is 3.20. The van der Waals surface area contributed by atoms with Gasteiger partial charge in [-0.3, -0.25) is 0 Å². The highest BCUT2D eigenvalue weighted by atomic mass is 79.9. The Morgan fingerprint density at radius 3 is 2.86 bits per heavy atom. The summed E-state index contributed by atoms with van der Waals surface area (Å²) < 4.78 is 7.00. The van der Waals surface area contributed by atoms with Crippen molar-refractivity contribution in [1.29, 1.82) is 0 Å². The van der Waals surface area contributed by atoms with Crippen LogP contribution in [0, 0.1) is 5.21 Å². The lowest BCUT2D eigenvalue weighted by Gasteiger charge is -2.18. The van der Waals surface area contributed by atoms with E-state index in [-0.39, 0.29) is 0 Å². The fourth-order valence-corrected chi connectivity index (χ4v) is 2.57. The van der Waals surface area contributed by atoms with E-state index in [1.54, 1.807) is 7.11 Å². The Balaban J connectivity index is 2.61. The van der Waals surface area contributed by atoms with Crippen LogP contribution in [0.1, 0.15) is 24.1 Å². The molecule has 0 amide bonds. The Morgan fingerprint density at radius 1 is 1.43 bits per heavy atom. The summed E-state index contributed by atoms with van der Waals surface area (Å²) in [5, 5.41) is 11.6. The zero-order valence-electron chi connectivity index (χ0n) is 8.05. The van der Waals surface area contributed by atoms with Crippen molar-refractivity contribution in [2.75, 3.05) is 7.11 Å². The van der Waals surface area contributed by atoms with Crippen molar-refractivity contribution in [3.05, 3.63) is 27.1 Å². The van der Waals surface area contributed by atoms with E-state index in [4.69, 9.17) is 4.74 Å². The number of pyridine rings is 1. The van der Waals surface area contributed by atoms with Crippen LogP contribution in [-0.2, 0) is 12.8 Å². The van der Waals surface area contributed by atoms with Crippen LogP contribution in [0.15, 0.2) is 10.7 Å². The summed E-state index contributed by atoms with van der Waals surface area (Å²) in [6, 6.07) is 0. The first-order valence-corrected chi connectivity index (χ1v) is 5.50. The van der Waals surface area contributed by atoms with Gasteiger partial charge in [-0.2, -0.15) is 4.73 Å². The van der Waals surface area contributed by atoms with Crippen LogP contribution in [0.2, 0.25) is 0 Å². The molecule has 0 aliphatic heterocycles. The molecular formula is C10H12BrNO2. The van der Waals surface area contributed by atoms with Crippen LogP contribution in [-0.4, -0.2) is 7.11 Å². The number of hydrogen-bond acceptors (Lipinski definition) is 2. The number of rotatable bonds is 1. The van der Waals surface area contributed by atoms with Crippen LogP contribution < -0.4 is 9.47 Å². The number of hydrogen-bond donors (Lipinski definition) is 0. The molecule has 1 aliphatic rings. The van der Waals surface area contributed by atoms with Gasteiger partial charge in [0, 0.05) is 6.42 Å². The highest BCUT2D eigenvalue weighted by Gasteiger charge is 2.24. The van der Waals surface area contributed by atoms with Gasteiger partial charge in [0.05, 0.1) is 12.7 Å². The maximum atomic E-state index is 11.6. The fraction of sp³-hybridized carbons (Fsp3) is 0.500.